The van der Waals surface area contributed by atoms with E-state index in [9.17, 15) is 67.7 Å². The molecule has 13 amide bonds. The zero-order valence-corrected chi connectivity index (χ0v) is 53.2. The minimum atomic E-state index is -1.81. The number of aliphatic imine (C=N–C) groups is 1. The van der Waals surface area contributed by atoms with E-state index in [-0.39, 0.29) is 94.4 Å². The Balaban J connectivity index is 1.25. The quantitative estimate of drug-likeness (QED) is 0.0104. The number of aliphatic hydroxyl groups is 1. The Kier molecular flexibility index (Phi) is 26.7. The molecule has 2 aliphatic rings. The summed E-state index contributed by atoms with van der Waals surface area (Å²) in [5.74, 6) is -9.21. The maximum Gasteiger partial charge on any atom is 0.330 e. The number of hydrazine groups is 1. The minimum Gasteiger partial charge on any atom is -0.508 e. The predicted molar refractivity (Wildman–Crippen MR) is 338 cm³/mol. The van der Waals surface area contributed by atoms with Gasteiger partial charge in [-0.2, -0.15) is 0 Å². The molecule has 9 atom stereocenters. The summed E-state index contributed by atoms with van der Waals surface area (Å²) in [6.45, 7) is 8.33. The highest BCUT2D eigenvalue weighted by molar-refractivity contribution is 6.00. The zero-order chi connectivity index (χ0) is 68.8. The fraction of sp³-hybridized carbons (Fsp3) is 0.508. The van der Waals surface area contributed by atoms with Crippen LogP contribution in [0.1, 0.15) is 103 Å². The molecule has 94 heavy (non-hydrogen) atoms. The summed E-state index contributed by atoms with van der Waals surface area (Å²) >= 11 is 0. The van der Waals surface area contributed by atoms with Crippen molar-refractivity contribution >= 4 is 87.9 Å². The molecule has 2 saturated heterocycles. The van der Waals surface area contributed by atoms with Gasteiger partial charge >= 0.3 is 6.03 Å². The molecule has 0 aliphatic carbocycles. The highest BCUT2D eigenvalue weighted by Crippen LogP contribution is 2.22. The number of carbonyl (C=O) groups excluding carboxylic acids is 12. The average molecular weight is 1310 g/mol. The van der Waals surface area contributed by atoms with Crippen molar-refractivity contribution in [2.24, 2.45) is 22.4 Å². The van der Waals surface area contributed by atoms with Crippen LogP contribution in [0.4, 0.5) is 4.79 Å². The highest BCUT2D eigenvalue weighted by Gasteiger charge is 2.40. The van der Waals surface area contributed by atoms with Gasteiger partial charge in [0.1, 0.15) is 60.1 Å². The van der Waals surface area contributed by atoms with Crippen LogP contribution in [-0.4, -0.2) is 193 Å². The topological polar surface area (TPSA) is 499 Å². The number of nitrogens with two attached hydrogens (primary N) is 2. The molecule has 0 radical (unpaired) electrons. The van der Waals surface area contributed by atoms with Crippen molar-refractivity contribution in [1.29, 1.82) is 0 Å². The summed E-state index contributed by atoms with van der Waals surface area (Å²) in [7, 11) is 0. The van der Waals surface area contributed by atoms with Crippen molar-refractivity contribution in [1.82, 2.24) is 78.6 Å². The normalized spacial score (nSPS) is 17.0. The number of carbonyl (C=O) groups is 12. The third-order valence-corrected chi connectivity index (χ3v) is 15.1. The molecule has 510 valence electrons. The number of imidazole rings is 1. The number of phenolic OH excluding ortho intramolecular Hbond substituents is 1. The molecule has 0 bridgehead atoms. The van der Waals surface area contributed by atoms with Gasteiger partial charge in [0.15, 0.2) is 5.96 Å². The Bertz CT molecular complexity index is 3370. The van der Waals surface area contributed by atoms with E-state index in [0.29, 0.717) is 34.1 Å². The van der Waals surface area contributed by atoms with Crippen LogP contribution in [0.3, 0.4) is 0 Å². The molecule has 0 unspecified atom stereocenters. The van der Waals surface area contributed by atoms with Crippen molar-refractivity contribution in [3.8, 4) is 5.75 Å². The number of urea groups is 1. The second-order valence-electron chi connectivity index (χ2n) is 24.3. The van der Waals surface area contributed by atoms with Crippen LogP contribution in [0.15, 0.2) is 72.2 Å². The molecule has 2 aromatic carbocycles. The minimum absolute atomic E-state index is 0.0152. The Morgan fingerprint density at radius 3 is 1.96 bits per heavy atom. The number of likely N-dealkylation sites (tertiary alicyclic amines) is 1. The third-order valence-electron chi connectivity index (χ3n) is 15.1. The maximum absolute atomic E-state index is 14.8. The van der Waals surface area contributed by atoms with Crippen LogP contribution in [0.25, 0.3) is 10.9 Å². The van der Waals surface area contributed by atoms with Crippen LogP contribution in [0, 0.1) is 5.92 Å². The van der Waals surface area contributed by atoms with Gasteiger partial charge in [-0.3, -0.25) is 68.5 Å². The van der Waals surface area contributed by atoms with Gasteiger partial charge in [-0.1, -0.05) is 44.2 Å². The molecule has 2 aliphatic heterocycles. The summed E-state index contributed by atoms with van der Waals surface area (Å²) < 4.78 is 6.03. The molecule has 19 N–H and O–H groups in total. The lowest BCUT2D eigenvalue weighted by molar-refractivity contribution is -0.142. The molecule has 0 saturated carbocycles. The molecule has 0 spiro atoms. The fourth-order valence-electron chi connectivity index (χ4n) is 10.4. The first-order valence-electron chi connectivity index (χ1n) is 30.8. The Morgan fingerprint density at radius 1 is 0.734 bits per heavy atom. The molecule has 2 aromatic heterocycles. The Hall–Kier alpha value is -10.2. The summed E-state index contributed by atoms with van der Waals surface area (Å²) in [5, 5.41) is 45.1. The number of aromatic hydroxyl groups is 1. The van der Waals surface area contributed by atoms with Crippen LogP contribution in [0.5, 0.6) is 5.75 Å². The SMILES string of the molecule is CC(=O)NC(N)=NCCC[C@H](NC(=O)[C@H](CC(C)C)NC(=O)[C@@H](COC(C)(C)C)NC(=O)[C@H](Cc1ccc(O)cc1)NC(=O)[C@H](CO)NC(=O)[C@H](Cc1c[nH]c2ccccc12)NC(=O)[C@H](Cc1cnc[nH]1)NC(=O)[C@@H]1CCC(=O)N1)C(=O)N1CCC[C@H]1C(=O)NNC(N)=O. The summed E-state index contributed by atoms with van der Waals surface area (Å²) in [5.41, 5.74) is 16.3. The number of nitrogens with one attached hydrogen (secondary N) is 13. The lowest BCUT2D eigenvalue weighted by Crippen LogP contribution is -2.62. The van der Waals surface area contributed by atoms with Crippen LogP contribution < -0.4 is 70.2 Å². The number of nitrogens with zero attached hydrogens (tertiary/aromatic N) is 3. The van der Waals surface area contributed by atoms with E-state index in [1.807, 2.05) is 5.43 Å². The van der Waals surface area contributed by atoms with Gasteiger partial charge in [-0.05, 0) is 94.5 Å². The van der Waals surface area contributed by atoms with E-state index < -0.39 is 138 Å². The Morgan fingerprint density at radius 2 is 1.34 bits per heavy atom. The van der Waals surface area contributed by atoms with E-state index in [1.165, 1.54) is 48.6 Å². The number of aromatic nitrogens is 3. The van der Waals surface area contributed by atoms with Gasteiger partial charge < -0.3 is 83.8 Å². The summed E-state index contributed by atoms with van der Waals surface area (Å²) in [4.78, 5) is 179. The van der Waals surface area contributed by atoms with E-state index in [2.05, 4.69) is 73.2 Å². The summed E-state index contributed by atoms with van der Waals surface area (Å²) in [6, 6.07) is -0.952. The van der Waals surface area contributed by atoms with Crippen molar-refractivity contribution in [2.75, 3.05) is 26.3 Å². The van der Waals surface area contributed by atoms with Crippen molar-refractivity contribution in [3.63, 3.8) is 0 Å². The number of amides is 13. The number of hydrogen-bond donors (Lipinski definition) is 17. The lowest BCUT2D eigenvalue weighted by Gasteiger charge is -2.31. The van der Waals surface area contributed by atoms with E-state index >= 15 is 0 Å². The number of ether oxygens (including phenoxy) is 1. The van der Waals surface area contributed by atoms with Crippen LogP contribution >= 0.6 is 0 Å². The van der Waals surface area contributed by atoms with Gasteiger partial charge in [-0.15, -0.1) is 0 Å². The number of hydrogen-bond acceptors (Lipinski definition) is 17. The average Bonchev–Trinajstić information content (AvgIpc) is 1.52. The van der Waals surface area contributed by atoms with Crippen LogP contribution in [-0.2, 0) is 76.7 Å². The first-order valence-corrected chi connectivity index (χ1v) is 30.8. The zero-order valence-electron chi connectivity index (χ0n) is 53.2. The van der Waals surface area contributed by atoms with Crippen molar-refractivity contribution in [3.05, 3.63) is 84.1 Å². The summed E-state index contributed by atoms with van der Waals surface area (Å²) in [6.07, 6.45) is 4.67. The molecular weight excluding hydrogens is 1220 g/mol. The molecule has 6 rings (SSSR count). The molecule has 4 aromatic rings. The number of benzene rings is 2. The van der Waals surface area contributed by atoms with Crippen molar-refractivity contribution < 1.29 is 72.5 Å². The highest BCUT2D eigenvalue weighted by atomic mass is 16.5. The number of aliphatic hydroxyl groups excluding tert-OH is 1. The lowest BCUT2D eigenvalue weighted by atomic mass is 10.0. The van der Waals surface area contributed by atoms with Gasteiger partial charge in [0.2, 0.25) is 59.1 Å². The van der Waals surface area contributed by atoms with Crippen LogP contribution in [0.2, 0.25) is 0 Å². The van der Waals surface area contributed by atoms with Gasteiger partial charge in [-0.25, -0.2) is 15.2 Å². The van der Waals surface area contributed by atoms with E-state index in [1.54, 1.807) is 65.1 Å². The number of primary amides is 1. The molecule has 2 fully saturated rings. The number of rotatable bonds is 31. The number of guanidine groups is 1. The second kappa shape index (κ2) is 34.5. The monoisotopic (exact) mass is 1310 g/mol. The number of para-hydroxylation sites is 1. The molecule has 4 heterocycles. The van der Waals surface area contributed by atoms with Gasteiger partial charge in [0, 0.05) is 74.7 Å². The first kappa shape index (κ1) is 72.9. The number of fused-ring (bicyclic) bond motifs is 1. The second-order valence-corrected chi connectivity index (χ2v) is 24.3. The Labute approximate surface area is 541 Å². The molecule has 33 heteroatoms. The predicted octanol–water partition coefficient (Wildman–Crippen LogP) is -2.93. The van der Waals surface area contributed by atoms with Gasteiger partial charge in [0.05, 0.1) is 25.1 Å². The first-order chi connectivity index (χ1) is 44.6. The standard InChI is InChI=1S/C61H86N18O15/c1-32(2)23-42(51(85)70-41(13-9-21-65-59(62)68-33(3)81)58(92)79-22-10-14-48(79)57(91)77-78-60(63)93)71-56(90)47(30-94-61(4,5)6)76-52(86)43(24-34-15-17-37(82)18-16-34)72-55(89)46(29-80)75-53(87)44(25-35-27-66-39-12-8-7-11-38(35)39)73-54(88)45(26-36-28-64-31-67-36)74-50(84)40-19-20-49(83)69-40/h7-8,11-12,15-18,27-28,31-32,40-48,66,80,82H,9-10,13-14,19-26,29-30H2,1-6H3,(H,64,67)(H,69,83)(H,70,85)(H,71,90)(H,72,89)(H,73,88)(H,74,84)(H,75,87)(H,76,86)(H,77,91)(H3,63,78,93)(H3,62,65,68,81)/t40-,41-,42-,43-,44-,45-,46-,47+,48-/m0/s1. The number of phenols is 1. The van der Waals surface area contributed by atoms with Gasteiger partial charge in [0.25, 0.3) is 5.91 Å². The number of aromatic amines is 2. The molecular formula is C61H86N18O15. The maximum atomic E-state index is 14.8. The van der Waals surface area contributed by atoms with E-state index in [0.717, 1.165) is 0 Å². The fourth-order valence-corrected chi connectivity index (χ4v) is 10.4. The van der Waals surface area contributed by atoms with E-state index in [4.69, 9.17) is 16.2 Å². The molecule has 33 nitrogen and oxygen atoms in total. The number of H-pyrrole nitrogens is 2. The third kappa shape index (κ3) is 22.6. The largest absolute Gasteiger partial charge is 0.508 e. The van der Waals surface area contributed by atoms with Crippen molar-refractivity contribution in [2.45, 2.75) is 166 Å². The smallest absolute Gasteiger partial charge is 0.330 e.